The second kappa shape index (κ2) is 8.13. The largest absolute Gasteiger partial charge is 0.480 e. The highest BCUT2D eigenvalue weighted by Crippen LogP contribution is 2.21. The fourth-order valence-corrected chi connectivity index (χ4v) is 3.11. The number of nitrogens with one attached hydrogen (secondary N) is 1. The van der Waals surface area contributed by atoms with Gasteiger partial charge in [0, 0.05) is 12.2 Å². The molecule has 0 aromatic carbocycles. The van der Waals surface area contributed by atoms with Gasteiger partial charge in [-0.3, -0.25) is 14.4 Å². The summed E-state index contributed by atoms with van der Waals surface area (Å²) in [6.07, 6.45) is 6.79. The molecule has 0 spiro atoms. The van der Waals surface area contributed by atoms with Crippen LogP contribution in [0.3, 0.4) is 0 Å². The van der Waals surface area contributed by atoms with Crippen LogP contribution in [0.2, 0.25) is 0 Å². The lowest BCUT2D eigenvalue weighted by atomic mass is 10.0. The Hall–Kier alpha value is -2.11. The van der Waals surface area contributed by atoms with Crippen LogP contribution in [-0.2, 0) is 24.2 Å². The number of unbranched alkanes of at least 4 members (excludes halogenated alkanes) is 1. The fourth-order valence-electron chi connectivity index (χ4n) is 3.11. The predicted molar refractivity (Wildman–Crippen MR) is 91.4 cm³/mol. The number of rotatable bonds is 6. The van der Waals surface area contributed by atoms with E-state index in [1.165, 1.54) is 6.92 Å². The van der Waals surface area contributed by atoms with Crippen molar-refractivity contribution in [2.24, 2.45) is 0 Å². The van der Waals surface area contributed by atoms with Crippen molar-refractivity contribution in [3.63, 3.8) is 0 Å². The van der Waals surface area contributed by atoms with E-state index in [1.54, 1.807) is 10.6 Å². The molecule has 6 heteroatoms. The minimum atomic E-state index is -1.12. The summed E-state index contributed by atoms with van der Waals surface area (Å²) in [5.41, 5.74) is 1.85. The molecule has 1 aliphatic rings. The van der Waals surface area contributed by atoms with Crippen LogP contribution in [0.5, 0.6) is 0 Å². The highest BCUT2D eigenvalue weighted by Gasteiger charge is 2.22. The first kappa shape index (κ1) is 18.2. The van der Waals surface area contributed by atoms with Gasteiger partial charge in [0.05, 0.1) is 0 Å². The number of carbonyl (C=O) groups excluding carboxylic acids is 1. The molecule has 0 radical (unpaired) electrons. The maximum absolute atomic E-state index is 12.8. The molecule has 1 atom stereocenters. The first-order valence-corrected chi connectivity index (χ1v) is 8.75. The monoisotopic (exact) mass is 334 g/mol. The average molecular weight is 334 g/mol. The highest BCUT2D eigenvalue weighted by atomic mass is 16.4. The van der Waals surface area contributed by atoms with Gasteiger partial charge in [0.25, 0.3) is 11.5 Å². The van der Waals surface area contributed by atoms with Crippen LogP contribution in [0, 0.1) is 0 Å². The number of aromatic nitrogens is 1. The third kappa shape index (κ3) is 4.04. The van der Waals surface area contributed by atoms with E-state index >= 15 is 0 Å². The molecule has 0 bridgehead atoms. The topological polar surface area (TPSA) is 88.4 Å². The van der Waals surface area contributed by atoms with E-state index in [4.69, 9.17) is 5.11 Å². The van der Waals surface area contributed by atoms with Crippen LogP contribution in [0.4, 0.5) is 0 Å². The highest BCUT2D eigenvalue weighted by molar-refractivity contribution is 5.96. The van der Waals surface area contributed by atoms with Crippen LogP contribution in [-0.4, -0.2) is 27.6 Å². The number of carbonyl (C=O) groups is 2. The summed E-state index contributed by atoms with van der Waals surface area (Å²) < 4.78 is 1.74. The van der Waals surface area contributed by atoms with Crippen LogP contribution in [0.1, 0.15) is 67.6 Å². The van der Waals surface area contributed by atoms with Crippen molar-refractivity contribution in [3.05, 3.63) is 33.2 Å². The molecule has 2 rings (SSSR count). The van der Waals surface area contributed by atoms with E-state index in [0.29, 0.717) is 6.54 Å². The number of hydrogen-bond acceptors (Lipinski definition) is 3. The molecule has 1 heterocycles. The van der Waals surface area contributed by atoms with Gasteiger partial charge >= 0.3 is 5.97 Å². The molecule has 0 unspecified atom stereocenters. The minimum absolute atomic E-state index is 0.0554. The Kier molecular flexibility index (Phi) is 6.17. The summed E-state index contributed by atoms with van der Waals surface area (Å²) >= 11 is 0. The van der Waals surface area contributed by atoms with Crippen molar-refractivity contribution in [2.45, 2.75) is 71.4 Å². The summed E-state index contributed by atoms with van der Waals surface area (Å²) in [6.45, 7) is 4.06. The van der Waals surface area contributed by atoms with Crippen LogP contribution in [0.15, 0.2) is 10.9 Å². The number of pyridine rings is 1. The predicted octanol–water partition coefficient (Wildman–Crippen LogP) is 2.12. The van der Waals surface area contributed by atoms with E-state index < -0.39 is 17.9 Å². The number of carboxylic acids is 1. The van der Waals surface area contributed by atoms with Crippen molar-refractivity contribution in [1.29, 1.82) is 0 Å². The number of amides is 1. The number of nitrogens with zero attached hydrogens (tertiary/aromatic N) is 1. The van der Waals surface area contributed by atoms with E-state index in [0.717, 1.165) is 56.2 Å². The number of fused-ring (bicyclic) bond motifs is 1. The lowest BCUT2D eigenvalue weighted by Crippen LogP contribution is -2.42. The molecular formula is C18H26N2O4. The first-order chi connectivity index (χ1) is 11.5. The average Bonchev–Trinajstić information content (AvgIpc) is 2.78. The van der Waals surface area contributed by atoms with E-state index in [-0.39, 0.29) is 11.1 Å². The summed E-state index contributed by atoms with van der Waals surface area (Å²) in [4.78, 5) is 36.1. The number of hydrogen-bond donors (Lipinski definition) is 2. The third-order valence-corrected chi connectivity index (χ3v) is 4.55. The quantitative estimate of drug-likeness (QED) is 0.780. The Balaban J connectivity index is 2.44. The number of aryl methyl sites for hydroxylation is 1. The van der Waals surface area contributed by atoms with Crippen molar-refractivity contribution in [3.8, 4) is 0 Å². The van der Waals surface area contributed by atoms with Gasteiger partial charge in [0.15, 0.2) is 0 Å². The van der Waals surface area contributed by atoms with Gasteiger partial charge in [-0.2, -0.15) is 0 Å². The number of carboxylic acid groups (broad SMARTS) is 1. The first-order valence-electron chi connectivity index (χ1n) is 8.75. The smallest absolute Gasteiger partial charge is 0.325 e. The zero-order valence-electron chi connectivity index (χ0n) is 14.4. The van der Waals surface area contributed by atoms with Crippen molar-refractivity contribution in [1.82, 2.24) is 9.88 Å². The molecule has 0 saturated heterocycles. The summed E-state index contributed by atoms with van der Waals surface area (Å²) in [5.74, 6) is -1.73. The molecule has 1 aromatic rings. The maximum atomic E-state index is 12.8. The molecule has 132 valence electrons. The molecule has 0 aliphatic heterocycles. The minimum Gasteiger partial charge on any atom is -0.480 e. The lowest BCUT2D eigenvalue weighted by molar-refractivity contribution is -0.138. The van der Waals surface area contributed by atoms with E-state index in [2.05, 4.69) is 12.2 Å². The Morgan fingerprint density at radius 2 is 2.00 bits per heavy atom. The summed E-state index contributed by atoms with van der Waals surface area (Å²) in [7, 11) is 0. The lowest BCUT2D eigenvalue weighted by Gasteiger charge is -2.18. The van der Waals surface area contributed by atoms with Gasteiger partial charge in [-0.25, -0.2) is 0 Å². The molecule has 1 aliphatic carbocycles. The van der Waals surface area contributed by atoms with Crippen LogP contribution >= 0.6 is 0 Å². The Morgan fingerprint density at radius 3 is 2.67 bits per heavy atom. The second-order valence-electron chi connectivity index (χ2n) is 6.43. The molecule has 0 saturated carbocycles. The molecule has 24 heavy (non-hydrogen) atoms. The normalized spacial score (nSPS) is 15.2. The van der Waals surface area contributed by atoms with Gasteiger partial charge < -0.3 is 15.0 Å². The molecule has 0 fully saturated rings. The fraction of sp³-hybridized carbons (Fsp3) is 0.611. The van der Waals surface area contributed by atoms with Gasteiger partial charge in [-0.05, 0) is 50.7 Å². The standard InChI is InChI=1S/C18H26N2O4/c1-3-4-10-20-15-9-7-5-6-8-13(15)11-14(17(20)22)16(21)19-12(2)18(23)24/h11-12H,3-10H2,1-2H3,(H,19,21)(H,23,24)/t12-/m1/s1. The van der Waals surface area contributed by atoms with Gasteiger partial charge in [0.2, 0.25) is 0 Å². The zero-order chi connectivity index (χ0) is 17.7. The van der Waals surface area contributed by atoms with Crippen LogP contribution < -0.4 is 10.9 Å². The van der Waals surface area contributed by atoms with E-state index in [9.17, 15) is 14.4 Å². The SMILES string of the molecule is CCCCn1c2c(cc(C(=O)N[C@H](C)C(=O)O)c1=O)CCCCC2. The van der Waals surface area contributed by atoms with Gasteiger partial charge in [0.1, 0.15) is 11.6 Å². The maximum Gasteiger partial charge on any atom is 0.325 e. The van der Waals surface area contributed by atoms with Crippen molar-refractivity contribution >= 4 is 11.9 Å². The number of aliphatic carboxylic acids is 1. The molecule has 2 N–H and O–H groups in total. The summed E-state index contributed by atoms with van der Waals surface area (Å²) in [5, 5.41) is 11.3. The third-order valence-electron chi connectivity index (χ3n) is 4.55. The Labute approximate surface area is 141 Å². The molecule has 1 aromatic heterocycles. The van der Waals surface area contributed by atoms with Crippen molar-refractivity contribution in [2.75, 3.05) is 0 Å². The van der Waals surface area contributed by atoms with E-state index in [1.807, 2.05) is 0 Å². The zero-order valence-corrected chi connectivity index (χ0v) is 14.4. The Bertz CT molecular complexity index is 678. The second-order valence-corrected chi connectivity index (χ2v) is 6.43. The molecule has 6 nitrogen and oxygen atoms in total. The van der Waals surface area contributed by atoms with Crippen molar-refractivity contribution < 1.29 is 14.7 Å². The van der Waals surface area contributed by atoms with Gasteiger partial charge in [-0.1, -0.05) is 19.8 Å². The van der Waals surface area contributed by atoms with Gasteiger partial charge in [-0.15, -0.1) is 0 Å². The summed E-state index contributed by atoms with van der Waals surface area (Å²) in [6, 6.07) is 0.648. The Morgan fingerprint density at radius 1 is 1.29 bits per heavy atom. The molecule has 1 amide bonds. The molecular weight excluding hydrogens is 308 g/mol. The van der Waals surface area contributed by atoms with Crippen LogP contribution in [0.25, 0.3) is 0 Å².